The van der Waals surface area contributed by atoms with Crippen LogP contribution in [0.25, 0.3) is 38.5 Å². The van der Waals surface area contributed by atoms with Gasteiger partial charge in [0.15, 0.2) is 5.69 Å². The van der Waals surface area contributed by atoms with Crippen molar-refractivity contribution in [2.24, 2.45) is 0 Å². The maximum absolute atomic E-state index is 13.1. The molecule has 0 bridgehead atoms. The number of esters is 2. The first-order chi connectivity index (χ1) is 16.6. The topological polar surface area (TPSA) is 70.4 Å². The minimum absolute atomic E-state index is 0.0151. The smallest absolute Gasteiger partial charge is 0.357 e. The SMILES string of the molecule is COC(=O)c1c(-c2c3ccccc3c(Cl)c3ccccc23)nn(-c2ccccc2)c1C(=O)OC. The Morgan fingerprint density at radius 2 is 1.24 bits per heavy atom. The maximum atomic E-state index is 13.1. The van der Waals surface area contributed by atoms with Crippen LogP contribution in [-0.4, -0.2) is 35.9 Å². The molecule has 0 spiro atoms. The predicted molar refractivity (Wildman–Crippen MR) is 132 cm³/mol. The number of aromatic nitrogens is 2. The molecule has 7 heteroatoms. The van der Waals surface area contributed by atoms with Gasteiger partial charge in [0.1, 0.15) is 11.3 Å². The summed E-state index contributed by atoms with van der Waals surface area (Å²) in [6.07, 6.45) is 0. The molecule has 0 saturated carbocycles. The van der Waals surface area contributed by atoms with Crippen LogP contribution in [0.15, 0.2) is 78.9 Å². The van der Waals surface area contributed by atoms with Crippen LogP contribution in [0.5, 0.6) is 0 Å². The number of hydrogen-bond acceptors (Lipinski definition) is 5. The molecule has 0 aliphatic carbocycles. The summed E-state index contributed by atoms with van der Waals surface area (Å²) in [7, 11) is 2.53. The van der Waals surface area contributed by atoms with E-state index in [9.17, 15) is 9.59 Å². The summed E-state index contributed by atoms with van der Waals surface area (Å²) in [5.74, 6) is -1.40. The summed E-state index contributed by atoms with van der Waals surface area (Å²) >= 11 is 6.78. The zero-order valence-corrected chi connectivity index (χ0v) is 19.2. The van der Waals surface area contributed by atoms with Crippen molar-refractivity contribution in [3.63, 3.8) is 0 Å². The van der Waals surface area contributed by atoms with Crippen LogP contribution in [0.3, 0.4) is 0 Å². The Balaban J connectivity index is 2.00. The third-order valence-corrected chi connectivity index (χ3v) is 6.16. The van der Waals surface area contributed by atoms with Crippen LogP contribution in [0.1, 0.15) is 20.8 Å². The Hall–Kier alpha value is -4.16. The lowest BCUT2D eigenvalue weighted by molar-refractivity contribution is 0.0549. The number of ether oxygens (including phenoxy) is 2. The molecule has 4 aromatic carbocycles. The van der Waals surface area contributed by atoms with Crippen molar-refractivity contribution >= 4 is 45.1 Å². The van der Waals surface area contributed by atoms with Crippen molar-refractivity contribution in [1.82, 2.24) is 9.78 Å². The van der Waals surface area contributed by atoms with Crippen LogP contribution in [0.2, 0.25) is 5.02 Å². The summed E-state index contributed by atoms with van der Waals surface area (Å²) < 4.78 is 11.6. The second kappa shape index (κ2) is 8.65. The van der Waals surface area contributed by atoms with Gasteiger partial charge in [-0.2, -0.15) is 5.10 Å². The number of carbonyl (C=O) groups excluding carboxylic acids is 2. The molecule has 1 aromatic heterocycles. The Labute approximate surface area is 200 Å². The summed E-state index contributed by atoms with van der Waals surface area (Å²) in [6.45, 7) is 0. The van der Waals surface area contributed by atoms with Crippen LogP contribution in [0.4, 0.5) is 0 Å². The first kappa shape index (κ1) is 21.7. The molecule has 0 atom stereocenters. The van der Waals surface area contributed by atoms with Crippen molar-refractivity contribution in [1.29, 1.82) is 0 Å². The van der Waals surface area contributed by atoms with Crippen molar-refractivity contribution in [2.45, 2.75) is 0 Å². The van der Waals surface area contributed by atoms with E-state index in [-0.39, 0.29) is 11.3 Å². The molecule has 34 heavy (non-hydrogen) atoms. The van der Waals surface area contributed by atoms with E-state index >= 15 is 0 Å². The molecule has 0 N–H and O–H groups in total. The Morgan fingerprint density at radius 3 is 1.76 bits per heavy atom. The van der Waals surface area contributed by atoms with Gasteiger partial charge in [0.05, 0.1) is 24.9 Å². The highest BCUT2D eigenvalue weighted by Gasteiger charge is 2.33. The van der Waals surface area contributed by atoms with Gasteiger partial charge in [-0.25, -0.2) is 14.3 Å². The number of methoxy groups -OCH3 is 2. The van der Waals surface area contributed by atoms with Gasteiger partial charge in [-0.3, -0.25) is 0 Å². The van der Waals surface area contributed by atoms with Crippen molar-refractivity contribution < 1.29 is 19.1 Å². The molecule has 0 fully saturated rings. The Morgan fingerprint density at radius 1 is 0.735 bits per heavy atom. The third kappa shape index (κ3) is 3.31. The van der Waals surface area contributed by atoms with Crippen molar-refractivity contribution in [3.05, 3.63) is 95.1 Å². The van der Waals surface area contributed by atoms with E-state index in [0.717, 1.165) is 21.5 Å². The standard InChI is InChI=1S/C27H19ClN2O4/c1-33-26(31)22-24(29-30(25(22)27(32)34-2)16-10-4-3-5-11-16)21-17-12-6-8-14-19(17)23(28)20-15-9-7-13-18(20)21/h3-15H,1-2H3. The molecular weight excluding hydrogens is 452 g/mol. The van der Waals surface area contributed by atoms with Crippen molar-refractivity contribution in [3.8, 4) is 16.9 Å². The number of benzene rings is 4. The van der Waals surface area contributed by atoms with Gasteiger partial charge in [-0.05, 0) is 22.9 Å². The molecule has 0 radical (unpaired) electrons. The van der Waals surface area contributed by atoms with E-state index < -0.39 is 11.9 Å². The minimum Gasteiger partial charge on any atom is -0.465 e. The van der Waals surface area contributed by atoms with Crippen LogP contribution in [0, 0.1) is 0 Å². The van der Waals surface area contributed by atoms with E-state index in [1.54, 1.807) is 12.1 Å². The highest BCUT2D eigenvalue weighted by atomic mass is 35.5. The molecule has 6 nitrogen and oxygen atoms in total. The molecule has 168 valence electrons. The highest BCUT2D eigenvalue weighted by Crippen LogP contribution is 2.43. The Bertz CT molecular complexity index is 1520. The molecule has 5 rings (SSSR count). The monoisotopic (exact) mass is 470 g/mol. The van der Waals surface area contributed by atoms with Gasteiger partial charge in [0.2, 0.25) is 0 Å². The molecular formula is C27H19ClN2O4. The highest BCUT2D eigenvalue weighted by molar-refractivity contribution is 6.42. The average molecular weight is 471 g/mol. The number of para-hydroxylation sites is 1. The summed E-state index contributed by atoms with van der Waals surface area (Å²) in [5, 5.41) is 8.60. The van der Waals surface area contributed by atoms with Crippen molar-refractivity contribution in [2.75, 3.05) is 14.2 Å². The van der Waals surface area contributed by atoms with Gasteiger partial charge >= 0.3 is 11.9 Å². The van der Waals surface area contributed by atoms with E-state index in [1.807, 2.05) is 66.7 Å². The third-order valence-electron chi connectivity index (χ3n) is 5.76. The first-order valence-electron chi connectivity index (χ1n) is 10.5. The second-order valence-electron chi connectivity index (χ2n) is 7.58. The van der Waals surface area contributed by atoms with Gasteiger partial charge < -0.3 is 9.47 Å². The van der Waals surface area contributed by atoms with Gasteiger partial charge in [-0.1, -0.05) is 78.3 Å². The average Bonchev–Trinajstić information content (AvgIpc) is 3.29. The van der Waals surface area contributed by atoms with E-state index in [0.29, 0.717) is 22.0 Å². The number of fused-ring (bicyclic) bond motifs is 2. The molecule has 0 unspecified atom stereocenters. The van der Waals surface area contributed by atoms with Crippen LogP contribution < -0.4 is 0 Å². The quantitative estimate of drug-likeness (QED) is 0.235. The lowest BCUT2D eigenvalue weighted by atomic mass is 9.92. The molecule has 0 aliphatic rings. The Kier molecular flexibility index (Phi) is 5.51. The summed E-state index contributed by atoms with van der Waals surface area (Å²) in [5.41, 5.74) is 1.59. The first-order valence-corrected chi connectivity index (χ1v) is 10.9. The van der Waals surface area contributed by atoms with E-state index in [4.69, 9.17) is 26.2 Å². The lowest BCUT2D eigenvalue weighted by Crippen LogP contribution is -2.15. The predicted octanol–water partition coefficient (Wildman–Crippen LogP) is 6.07. The molecule has 0 saturated heterocycles. The van der Waals surface area contributed by atoms with Crippen LogP contribution >= 0.6 is 11.6 Å². The number of halogens is 1. The van der Waals surface area contributed by atoms with E-state index in [1.165, 1.54) is 18.9 Å². The van der Waals surface area contributed by atoms with E-state index in [2.05, 4.69) is 0 Å². The summed E-state index contributed by atoms with van der Waals surface area (Å²) in [6, 6.07) is 24.3. The zero-order valence-electron chi connectivity index (χ0n) is 18.4. The fourth-order valence-corrected chi connectivity index (χ4v) is 4.59. The van der Waals surface area contributed by atoms with Gasteiger partial charge in [0, 0.05) is 16.3 Å². The number of rotatable bonds is 4. The number of carbonyl (C=O) groups is 2. The molecule has 5 aromatic rings. The summed E-state index contributed by atoms with van der Waals surface area (Å²) in [4.78, 5) is 26.1. The van der Waals surface area contributed by atoms with Gasteiger partial charge in [0.25, 0.3) is 0 Å². The molecule has 0 amide bonds. The fourth-order valence-electron chi connectivity index (χ4n) is 4.26. The fraction of sp³-hybridized carbons (Fsp3) is 0.0741. The second-order valence-corrected chi connectivity index (χ2v) is 7.96. The largest absolute Gasteiger partial charge is 0.465 e. The zero-order chi connectivity index (χ0) is 23.8. The number of nitrogens with zero attached hydrogens (tertiary/aromatic N) is 2. The lowest BCUT2D eigenvalue weighted by Gasteiger charge is -2.13. The molecule has 0 aliphatic heterocycles. The van der Waals surface area contributed by atoms with Gasteiger partial charge in [-0.15, -0.1) is 0 Å². The molecule has 1 heterocycles. The van der Waals surface area contributed by atoms with Crippen LogP contribution in [-0.2, 0) is 9.47 Å². The minimum atomic E-state index is -0.703. The number of hydrogen-bond donors (Lipinski definition) is 0. The maximum Gasteiger partial charge on any atom is 0.357 e. The normalized spacial score (nSPS) is 11.0.